The number of Topliss-reactive ketones (excluding diaryl/α,β-unsaturated/α-hetero) is 1. The molecule has 0 aromatic heterocycles. The number of benzene rings is 1. The number of esters is 1. The fourth-order valence-electron chi connectivity index (χ4n) is 2.20. The van der Waals surface area contributed by atoms with Gasteiger partial charge in [-0.3, -0.25) is 9.59 Å². The molecule has 2 atom stereocenters. The largest absolute Gasteiger partial charge is 0.468 e. The van der Waals surface area contributed by atoms with Gasteiger partial charge in [0.1, 0.15) is 11.0 Å². The first kappa shape index (κ1) is 13.1. The Kier molecular flexibility index (Phi) is 4.42. The maximum absolute atomic E-state index is 11.9. The van der Waals surface area contributed by atoms with Crippen LogP contribution in [0.3, 0.4) is 0 Å². The number of thioether (sulfide) groups is 1. The van der Waals surface area contributed by atoms with Crippen molar-refractivity contribution < 1.29 is 14.3 Å². The van der Waals surface area contributed by atoms with Crippen LogP contribution in [0.15, 0.2) is 35.2 Å². The van der Waals surface area contributed by atoms with Crippen molar-refractivity contribution in [2.24, 2.45) is 5.92 Å². The Morgan fingerprint density at radius 3 is 2.67 bits per heavy atom. The van der Waals surface area contributed by atoms with E-state index < -0.39 is 0 Å². The Morgan fingerprint density at radius 1 is 1.39 bits per heavy atom. The Hall–Kier alpha value is -1.29. The summed E-state index contributed by atoms with van der Waals surface area (Å²) in [6.07, 6.45) is 1.88. The van der Waals surface area contributed by atoms with Gasteiger partial charge in [-0.1, -0.05) is 18.2 Å². The highest BCUT2D eigenvalue weighted by Gasteiger charge is 2.35. The highest BCUT2D eigenvalue weighted by Crippen LogP contribution is 2.36. The van der Waals surface area contributed by atoms with E-state index in [1.165, 1.54) is 18.9 Å². The number of carbonyl (C=O) groups excluding carboxylic acids is 2. The van der Waals surface area contributed by atoms with Crippen molar-refractivity contribution >= 4 is 23.5 Å². The molecule has 0 heterocycles. The van der Waals surface area contributed by atoms with Crippen LogP contribution in [-0.2, 0) is 14.3 Å². The number of rotatable bonds is 4. The summed E-state index contributed by atoms with van der Waals surface area (Å²) in [6.45, 7) is 0. The summed E-state index contributed by atoms with van der Waals surface area (Å²) >= 11 is 1.49. The quantitative estimate of drug-likeness (QED) is 0.619. The van der Waals surface area contributed by atoms with Crippen molar-refractivity contribution in [3.8, 4) is 0 Å². The fourth-order valence-corrected chi connectivity index (χ4v) is 3.42. The molecule has 1 aliphatic carbocycles. The Balaban J connectivity index is 2.10. The molecule has 0 aliphatic heterocycles. The highest BCUT2D eigenvalue weighted by molar-refractivity contribution is 8.00. The van der Waals surface area contributed by atoms with Crippen LogP contribution in [0.25, 0.3) is 0 Å². The zero-order valence-electron chi connectivity index (χ0n) is 10.3. The maximum atomic E-state index is 11.9. The molecule has 18 heavy (non-hydrogen) atoms. The number of hydrogen-bond donors (Lipinski definition) is 0. The van der Waals surface area contributed by atoms with Crippen LogP contribution >= 0.6 is 11.8 Å². The Labute approximate surface area is 111 Å². The minimum absolute atomic E-state index is 0.107. The summed E-state index contributed by atoms with van der Waals surface area (Å²) in [5, 5.41) is -0.274. The molecule has 1 saturated carbocycles. The van der Waals surface area contributed by atoms with Gasteiger partial charge in [0.05, 0.1) is 7.11 Å². The lowest BCUT2D eigenvalue weighted by Crippen LogP contribution is -2.26. The first-order valence-corrected chi connectivity index (χ1v) is 6.90. The van der Waals surface area contributed by atoms with E-state index in [4.69, 9.17) is 4.74 Å². The number of carbonyl (C=O) groups is 2. The lowest BCUT2D eigenvalue weighted by atomic mass is 10.0. The van der Waals surface area contributed by atoms with Gasteiger partial charge in [-0.25, -0.2) is 0 Å². The SMILES string of the molecule is COC(=O)C(Sc1ccccc1)C1CCC(=O)C1. The smallest absolute Gasteiger partial charge is 0.319 e. The minimum Gasteiger partial charge on any atom is -0.468 e. The molecular weight excluding hydrogens is 248 g/mol. The fraction of sp³-hybridized carbons (Fsp3) is 0.429. The second-order valence-electron chi connectivity index (χ2n) is 4.42. The predicted octanol–water partition coefficient (Wildman–Crippen LogP) is 2.69. The van der Waals surface area contributed by atoms with E-state index in [1.54, 1.807) is 0 Å². The van der Waals surface area contributed by atoms with Crippen molar-refractivity contribution in [1.82, 2.24) is 0 Å². The van der Waals surface area contributed by atoms with Gasteiger partial charge in [-0.15, -0.1) is 11.8 Å². The van der Waals surface area contributed by atoms with Gasteiger partial charge in [0.15, 0.2) is 0 Å². The highest BCUT2D eigenvalue weighted by atomic mass is 32.2. The second kappa shape index (κ2) is 6.05. The van der Waals surface area contributed by atoms with Gasteiger partial charge < -0.3 is 4.74 Å². The molecular formula is C14H16O3S. The van der Waals surface area contributed by atoms with E-state index in [-0.39, 0.29) is 22.9 Å². The lowest BCUT2D eigenvalue weighted by molar-refractivity contribution is -0.140. The van der Waals surface area contributed by atoms with Crippen molar-refractivity contribution in [3.05, 3.63) is 30.3 Å². The molecule has 0 spiro atoms. The van der Waals surface area contributed by atoms with Crippen LogP contribution in [0.5, 0.6) is 0 Å². The van der Waals surface area contributed by atoms with Crippen LogP contribution in [0, 0.1) is 5.92 Å². The van der Waals surface area contributed by atoms with E-state index in [0.29, 0.717) is 12.8 Å². The zero-order valence-corrected chi connectivity index (χ0v) is 11.1. The summed E-state index contributed by atoms with van der Waals surface area (Å²) in [6, 6.07) is 9.76. The van der Waals surface area contributed by atoms with Gasteiger partial charge in [-0.05, 0) is 24.5 Å². The van der Waals surface area contributed by atoms with Crippen molar-refractivity contribution in [1.29, 1.82) is 0 Å². The molecule has 1 aromatic carbocycles. The third-order valence-corrected chi connectivity index (χ3v) is 4.53. The normalized spacial score (nSPS) is 20.7. The van der Waals surface area contributed by atoms with E-state index in [9.17, 15) is 9.59 Å². The van der Waals surface area contributed by atoms with Crippen molar-refractivity contribution in [2.75, 3.05) is 7.11 Å². The van der Waals surface area contributed by atoms with Crippen LogP contribution in [0.2, 0.25) is 0 Å². The molecule has 0 N–H and O–H groups in total. The summed E-state index contributed by atoms with van der Waals surface area (Å²) < 4.78 is 4.86. The third-order valence-electron chi connectivity index (χ3n) is 3.15. The molecule has 1 fully saturated rings. The third kappa shape index (κ3) is 3.13. The topological polar surface area (TPSA) is 43.4 Å². The van der Waals surface area contributed by atoms with Crippen molar-refractivity contribution in [3.63, 3.8) is 0 Å². The summed E-state index contributed by atoms with van der Waals surface area (Å²) in [5.74, 6) is 0.126. The van der Waals surface area contributed by atoms with Gasteiger partial charge in [0.2, 0.25) is 0 Å². The Bertz CT molecular complexity index is 430. The molecule has 0 saturated heterocycles. The van der Waals surface area contributed by atoms with Crippen LogP contribution in [0.4, 0.5) is 0 Å². The number of ether oxygens (including phenoxy) is 1. The molecule has 0 amide bonds. The zero-order chi connectivity index (χ0) is 13.0. The Morgan fingerprint density at radius 2 is 2.11 bits per heavy atom. The number of methoxy groups -OCH3 is 1. The number of ketones is 1. The predicted molar refractivity (Wildman–Crippen MR) is 70.5 cm³/mol. The van der Waals surface area contributed by atoms with Crippen LogP contribution in [-0.4, -0.2) is 24.1 Å². The molecule has 0 radical (unpaired) electrons. The molecule has 96 valence electrons. The standard InChI is InChI=1S/C14H16O3S/c1-17-14(16)13(10-7-8-11(15)9-10)18-12-5-3-2-4-6-12/h2-6,10,13H,7-9H2,1H3. The maximum Gasteiger partial charge on any atom is 0.319 e. The van der Waals surface area contributed by atoms with E-state index in [0.717, 1.165) is 11.3 Å². The van der Waals surface area contributed by atoms with Crippen molar-refractivity contribution in [2.45, 2.75) is 29.4 Å². The molecule has 3 nitrogen and oxygen atoms in total. The van der Waals surface area contributed by atoms with E-state index in [2.05, 4.69) is 0 Å². The van der Waals surface area contributed by atoms with E-state index in [1.807, 2.05) is 30.3 Å². The molecule has 2 rings (SSSR count). The average Bonchev–Trinajstić information content (AvgIpc) is 2.83. The van der Waals surface area contributed by atoms with E-state index >= 15 is 0 Å². The minimum atomic E-state index is -0.274. The molecule has 0 bridgehead atoms. The lowest BCUT2D eigenvalue weighted by Gasteiger charge is -2.19. The molecule has 4 heteroatoms. The van der Waals surface area contributed by atoms with Crippen LogP contribution < -0.4 is 0 Å². The van der Waals surface area contributed by atoms with Gasteiger partial charge in [-0.2, -0.15) is 0 Å². The first-order chi connectivity index (χ1) is 8.70. The number of hydrogen-bond acceptors (Lipinski definition) is 4. The monoisotopic (exact) mass is 264 g/mol. The molecule has 1 aromatic rings. The molecule has 2 unspecified atom stereocenters. The van der Waals surface area contributed by atoms with Gasteiger partial charge >= 0.3 is 5.97 Å². The average molecular weight is 264 g/mol. The second-order valence-corrected chi connectivity index (χ2v) is 5.63. The summed E-state index contributed by atoms with van der Waals surface area (Å²) in [4.78, 5) is 24.3. The first-order valence-electron chi connectivity index (χ1n) is 6.02. The van der Waals surface area contributed by atoms with Gasteiger partial charge in [0, 0.05) is 17.7 Å². The van der Waals surface area contributed by atoms with Crippen LogP contribution in [0.1, 0.15) is 19.3 Å². The summed E-state index contributed by atoms with van der Waals surface area (Å²) in [5.41, 5.74) is 0. The molecule has 1 aliphatic rings. The summed E-state index contributed by atoms with van der Waals surface area (Å²) in [7, 11) is 1.40. The van der Waals surface area contributed by atoms with Gasteiger partial charge in [0.25, 0.3) is 0 Å².